The summed E-state index contributed by atoms with van der Waals surface area (Å²) < 4.78 is 31.7. The predicted octanol–water partition coefficient (Wildman–Crippen LogP) is 4.46. The van der Waals surface area contributed by atoms with Crippen LogP contribution in [-0.2, 0) is 0 Å². The molecule has 8 heteroatoms. The first-order valence-corrected chi connectivity index (χ1v) is 8.15. The van der Waals surface area contributed by atoms with E-state index in [1.807, 2.05) is 6.92 Å². The van der Waals surface area contributed by atoms with Gasteiger partial charge < -0.3 is 15.4 Å². The average Bonchev–Trinajstić information content (AvgIpc) is 2.66. The van der Waals surface area contributed by atoms with Crippen LogP contribution in [0.1, 0.15) is 6.92 Å². The number of ether oxygens (including phenoxy) is 1. The maximum absolute atomic E-state index is 13.6. The molecule has 2 aromatic carbocycles. The molecule has 6 nitrogen and oxygen atoms in total. The van der Waals surface area contributed by atoms with Crippen LogP contribution in [0.25, 0.3) is 11.3 Å². The normalized spacial score (nSPS) is 10.3. The van der Waals surface area contributed by atoms with Gasteiger partial charge in [0.2, 0.25) is 5.88 Å². The van der Waals surface area contributed by atoms with Gasteiger partial charge in [0.25, 0.3) is 0 Å². The zero-order chi connectivity index (χ0) is 19.2. The molecule has 0 saturated carbocycles. The van der Waals surface area contributed by atoms with Gasteiger partial charge in [-0.15, -0.1) is 10.2 Å². The van der Waals surface area contributed by atoms with Crippen LogP contribution in [0.5, 0.6) is 5.88 Å². The molecular formula is C19H16F2N4O2. The third-order valence-electron chi connectivity index (χ3n) is 3.55. The molecule has 0 saturated heterocycles. The molecule has 2 amide bonds. The number of aromatic nitrogens is 2. The maximum atomic E-state index is 13.6. The van der Waals surface area contributed by atoms with E-state index < -0.39 is 17.7 Å². The quantitative estimate of drug-likeness (QED) is 0.695. The van der Waals surface area contributed by atoms with Crippen LogP contribution < -0.4 is 15.4 Å². The SMILES string of the molecule is CCOc1ccc(-c2ccc(NC(=O)Nc3ccc(F)cc3F)cc2)nn1. The van der Waals surface area contributed by atoms with Crippen molar-refractivity contribution in [2.75, 3.05) is 17.2 Å². The van der Waals surface area contributed by atoms with Gasteiger partial charge >= 0.3 is 6.03 Å². The Labute approximate surface area is 154 Å². The number of carbonyl (C=O) groups is 1. The third kappa shape index (κ3) is 4.75. The number of hydrogen-bond acceptors (Lipinski definition) is 4. The largest absolute Gasteiger partial charge is 0.477 e. The van der Waals surface area contributed by atoms with Crippen molar-refractivity contribution in [2.45, 2.75) is 6.92 Å². The number of nitrogens with zero attached hydrogens (tertiary/aromatic N) is 2. The Bertz CT molecular complexity index is 931. The molecule has 3 aromatic rings. The molecule has 1 aromatic heterocycles. The fourth-order valence-corrected chi connectivity index (χ4v) is 2.30. The van der Waals surface area contributed by atoms with Crippen molar-refractivity contribution in [3.05, 3.63) is 66.2 Å². The topological polar surface area (TPSA) is 76.1 Å². The van der Waals surface area contributed by atoms with E-state index in [0.717, 1.165) is 17.7 Å². The molecule has 0 spiro atoms. The molecule has 0 fully saturated rings. The highest BCUT2D eigenvalue weighted by atomic mass is 19.1. The molecule has 0 radical (unpaired) electrons. The number of benzene rings is 2. The lowest BCUT2D eigenvalue weighted by atomic mass is 10.1. The second kappa shape index (κ2) is 8.22. The minimum Gasteiger partial charge on any atom is -0.477 e. The molecule has 0 bridgehead atoms. The van der Waals surface area contributed by atoms with Crippen LogP contribution in [0.4, 0.5) is 25.0 Å². The van der Waals surface area contributed by atoms with Gasteiger partial charge in [-0.25, -0.2) is 13.6 Å². The van der Waals surface area contributed by atoms with E-state index in [4.69, 9.17) is 4.74 Å². The fraction of sp³-hybridized carbons (Fsp3) is 0.105. The zero-order valence-corrected chi connectivity index (χ0v) is 14.4. The van der Waals surface area contributed by atoms with E-state index in [-0.39, 0.29) is 5.69 Å². The number of amides is 2. The molecule has 0 aliphatic heterocycles. The van der Waals surface area contributed by atoms with E-state index >= 15 is 0 Å². The number of carbonyl (C=O) groups excluding carboxylic acids is 1. The molecule has 138 valence electrons. The van der Waals surface area contributed by atoms with Gasteiger partial charge in [0, 0.05) is 23.4 Å². The van der Waals surface area contributed by atoms with Crippen molar-refractivity contribution in [3.8, 4) is 17.1 Å². The van der Waals surface area contributed by atoms with Crippen LogP contribution >= 0.6 is 0 Å². The van der Waals surface area contributed by atoms with Gasteiger partial charge in [-0.3, -0.25) is 0 Å². The molecule has 0 aliphatic carbocycles. The van der Waals surface area contributed by atoms with E-state index in [9.17, 15) is 13.6 Å². The molecule has 0 unspecified atom stereocenters. The summed E-state index contributed by atoms with van der Waals surface area (Å²) in [5.41, 5.74) is 1.84. The highest BCUT2D eigenvalue weighted by molar-refractivity contribution is 5.99. The number of nitrogens with one attached hydrogen (secondary N) is 2. The molecule has 3 rings (SSSR count). The van der Waals surface area contributed by atoms with Crippen LogP contribution in [-0.4, -0.2) is 22.8 Å². The number of anilines is 2. The molecule has 2 N–H and O–H groups in total. The van der Waals surface area contributed by atoms with Gasteiger partial charge in [0.05, 0.1) is 18.0 Å². The van der Waals surface area contributed by atoms with Crippen LogP contribution in [0.3, 0.4) is 0 Å². The van der Waals surface area contributed by atoms with Gasteiger partial charge in [-0.05, 0) is 37.3 Å². The minimum absolute atomic E-state index is 0.116. The van der Waals surface area contributed by atoms with Crippen molar-refractivity contribution >= 4 is 17.4 Å². The predicted molar refractivity (Wildman–Crippen MR) is 97.6 cm³/mol. The van der Waals surface area contributed by atoms with E-state index in [2.05, 4.69) is 20.8 Å². The summed E-state index contributed by atoms with van der Waals surface area (Å²) in [6, 6.07) is 12.6. The first kappa shape index (κ1) is 18.2. The van der Waals surface area contributed by atoms with Crippen molar-refractivity contribution in [1.82, 2.24) is 10.2 Å². The summed E-state index contributed by atoms with van der Waals surface area (Å²) in [7, 11) is 0. The Balaban J connectivity index is 1.63. The second-order valence-electron chi connectivity index (χ2n) is 5.47. The Morgan fingerprint density at radius 3 is 2.41 bits per heavy atom. The molecule has 1 heterocycles. The van der Waals surface area contributed by atoms with E-state index in [1.54, 1.807) is 36.4 Å². The number of hydrogen-bond donors (Lipinski definition) is 2. The molecular weight excluding hydrogens is 354 g/mol. The van der Waals surface area contributed by atoms with Crippen molar-refractivity contribution < 1.29 is 18.3 Å². The first-order valence-electron chi connectivity index (χ1n) is 8.15. The lowest BCUT2D eigenvalue weighted by Gasteiger charge is -2.09. The minimum atomic E-state index is -0.852. The number of urea groups is 1. The standard InChI is InChI=1S/C19H16F2N4O2/c1-2-27-18-10-9-16(24-25-18)12-3-6-14(7-4-12)22-19(26)23-17-8-5-13(20)11-15(17)21/h3-11H,2H2,1H3,(H2,22,23,26). The van der Waals surface area contributed by atoms with E-state index in [0.29, 0.717) is 29.9 Å². The lowest BCUT2D eigenvalue weighted by molar-refractivity contribution is 0.262. The van der Waals surface area contributed by atoms with Crippen LogP contribution in [0.2, 0.25) is 0 Å². The molecule has 27 heavy (non-hydrogen) atoms. The number of rotatable bonds is 5. The lowest BCUT2D eigenvalue weighted by Crippen LogP contribution is -2.20. The third-order valence-corrected chi connectivity index (χ3v) is 3.55. The summed E-state index contributed by atoms with van der Waals surface area (Å²) in [6.45, 7) is 2.38. The van der Waals surface area contributed by atoms with Crippen LogP contribution in [0.15, 0.2) is 54.6 Å². The van der Waals surface area contributed by atoms with E-state index in [1.165, 1.54) is 0 Å². The monoisotopic (exact) mass is 370 g/mol. The van der Waals surface area contributed by atoms with Gasteiger partial charge in [0.1, 0.15) is 11.6 Å². The Morgan fingerprint density at radius 1 is 1.00 bits per heavy atom. The summed E-state index contributed by atoms with van der Waals surface area (Å²) in [5.74, 6) is -1.12. The highest BCUT2D eigenvalue weighted by Gasteiger charge is 2.09. The van der Waals surface area contributed by atoms with Gasteiger partial charge in [-0.2, -0.15) is 0 Å². The average molecular weight is 370 g/mol. The smallest absolute Gasteiger partial charge is 0.323 e. The Hall–Kier alpha value is -3.55. The number of halogens is 2. The van der Waals surface area contributed by atoms with Crippen molar-refractivity contribution in [2.24, 2.45) is 0 Å². The zero-order valence-electron chi connectivity index (χ0n) is 14.4. The fourth-order valence-electron chi connectivity index (χ4n) is 2.30. The first-order chi connectivity index (χ1) is 13.0. The van der Waals surface area contributed by atoms with Gasteiger partial charge in [-0.1, -0.05) is 12.1 Å². The Morgan fingerprint density at radius 2 is 1.78 bits per heavy atom. The van der Waals surface area contributed by atoms with Gasteiger partial charge in [0.15, 0.2) is 0 Å². The maximum Gasteiger partial charge on any atom is 0.323 e. The highest BCUT2D eigenvalue weighted by Crippen LogP contribution is 2.21. The molecule has 0 aliphatic rings. The summed E-state index contributed by atoms with van der Waals surface area (Å²) in [6.07, 6.45) is 0. The van der Waals surface area contributed by atoms with Crippen molar-refractivity contribution in [3.63, 3.8) is 0 Å². The summed E-state index contributed by atoms with van der Waals surface area (Å²) >= 11 is 0. The second-order valence-corrected chi connectivity index (χ2v) is 5.47. The Kier molecular flexibility index (Phi) is 5.55. The molecule has 0 atom stereocenters. The summed E-state index contributed by atoms with van der Waals surface area (Å²) in [5, 5.41) is 12.9. The van der Waals surface area contributed by atoms with Crippen molar-refractivity contribution in [1.29, 1.82) is 0 Å². The summed E-state index contributed by atoms with van der Waals surface area (Å²) in [4.78, 5) is 12.0. The van der Waals surface area contributed by atoms with Crippen LogP contribution in [0, 0.1) is 11.6 Å².